The fourth-order valence-electron chi connectivity index (χ4n) is 3.33. The number of aryl methyl sites for hydroxylation is 2. The number of fused-ring (bicyclic) bond motifs is 2. The second kappa shape index (κ2) is 4.89. The van der Waals surface area contributed by atoms with Crippen molar-refractivity contribution in [2.45, 2.75) is 6.92 Å². The molecule has 3 aromatic rings. The van der Waals surface area contributed by atoms with E-state index in [1.807, 2.05) is 42.1 Å². The van der Waals surface area contributed by atoms with E-state index in [2.05, 4.69) is 4.98 Å². The van der Waals surface area contributed by atoms with Gasteiger partial charge >= 0.3 is 0 Å². The molecule has 0 unspecified atom stereocenters. The monoisotopic (exact) mass is 318 g/mol. The van der Waals surface area contributed by atoms with Crippen molar-refractivity contribution in [1.82, 2.24) is 9.55 Å². The maximum absolute atomic E-state index is 13.0. The number of hydrogen-bond acceptors (Lipinski definition) is 3. The Morgan fingerprint density at radius 1 is 1.08 bits per heavy atom. The lowest BCUT2D eigenvalue weighted by Crippen LogP contribution is -2.23. The van der Waals surface area contributed by atoms with Gasteiger partial charge < -0.3 is 9.55 Å². The molecule has 118 valence electrons. The lowest BCUT2D eigenvalue weighted by Gasteiger charge is -2.16. The molecule has 5 nitrogen and oxygen atoms in total. The Morgan fingerprint density at radius 3 is 2.62 bits per heavy atom. The number of H-pyrrole nitrogens is 1. The molecule has 0 amide bonds. The Balaban J connectivity index is 1.99. The zero-order valence-electron chi connectivity index (χ0n) is 13.2. The Bertz CT molecular complexity index is 1130. The fraction of sp³-hybridized carbons (Fsp3) is 0.105. The number of allylic oxidation sites excluding steroid dienone is 2. The Kier molecular flexibility index (Phi) is 2.93. The van der Waals surface area contributed by atoms with Crippen molar-refractivity contribution < 1.29 is 9.59 Å². The predicted molar refractivity (Wildman–Crippen MR) is 91.4 cm³/mol. The smallest absolute Gasteiger partial charge is 0.248 e. The second-order valence-electron chi connectivity index (χ2n) is 5.99. The van der Waals surface area contributed by atoms with Crippen LogP contribution in [0.15, 0.2) is 47.4 Å². The first kappa shape index (κ1) is 14.4. The number of carbonyl (C=O) groups excluding carboxylic acids is 2. The fourth-order valence-corrected chi connectivity index (χ4v) is 3.33. The molecule has 1 aliphatic rings. The average molecular weight is 318 g/mol. The van der Waals surface area contributed by atoms with Crippen LogP contribution in [-0.4, -0.2) is 21.1 Å². The summed E-state index contributed by atoms with van der Waals surface area (Å²) in [4.78, 5) is 39.5. The maximum atomic E-state index is 13.0. The molecule has 0 atom stereocenters. The topological polar surface area (TPSA) is 71.9 Å². The van der Waals surface area contributed by atoms with Crippen LogP contribution in [0.4, 0.5) is 0 Å². The first-order chi connectivity index (χ1) is 11.5. The van der Waals surface area contributed by atoms with Crippen LogP contribution in [0, 0.1) is 6.92 Å². The van der Waals surface area contributed by atoms with E-state index < -0.39 is 0 Å². The van der Waals surface area contributed by atoms with Gasteiger partial charge in [0.2, 0.25) is 11.3 Å². The van der Waals surface area contributed by atoms with Gasteiger partial charge in [-0.05, 0) is 24.6 Å². The van der Waals surface area contributed by atoms with Crippen molar-refractivity contribution >= 4 is 28.0 Å². The Morgan fingerprint density at radius 2 is 1.83 bits per heavy atom. The zero-order chi connectivity index (χ0) is 17.0. The molecule has 2 aromatic heterocycles. The highest BCUT2D eigenvalue weighted by molar-refractivity contribution is 6.39. The standard InChI is InChI=1S/C19H14N2O3/c1-10-7-16(23)20-18-15(22)8-12(19(24)17(10)18)13-9-21(2)14-6-4-3-5-11(13)14/h3-9H,1-2H3,(H,20,23). The highest BCUT2D eigenvalue weighted by atomic mass is 16.1. The number of rotatable bonds is 1. The maximum Gasteiger partial charge on any atom is 0.248 e. The number of nitrogens with zero attached hydrogens (tertiary/aromatic N) is 1. The lowest BCUT2D eigenvalue weighted by molar-refractivity contribution is 0.0997. The zero-order valence-corrected chi connectivity index (χ0v) is 13.2. The van der Waals surface area contributed by atoms with E-state index in [0.717, 1.165) is 16.5 Å². The van der Waals surface area contributed by atoms with Crippen molar-refractivity contribution in [3.05, 3.63) is 75.3 Å². The molecule has 0 saturated carbocycles. The van der Waals surface area contributed by atoms with Crippen molar-refractivity contribution in [1.29, 1.82) is 0 Å². The molecule has 4 rings (SSSR count). The summed E-state index contributed by atoms with van der Waals surface area (Å²) in [5.74, 6) is -0.594. The third kappa shape index (κ3) is 1.91. The molecule has 0 saturated heterocycles. The summed E-state index contributed by atoms with van der Waals surface area (Å²) in [6.07, 6.45) is 3.18. The number of aromatic amines is 1. The highest BCUT2D eigenvalue weighted by Gasteiger charge is 2.30. The molecule has 5 heteroatoms. The number of aromatic nitrogens is 2. The third-order valence-electron chi connectivity index (χ3n) is 4.42. The Hall–Kier alpha value is -3.21. The minimum atomic E-state index is -0.380. The van der Waals surface area contributed by atoms with Gasteiger partial charge in [0.05, 0.1) is 5.56 Å². The summed E-state index contributed by atoms with van der Waals surface area (Å²) in [6, 6.07) is 9.07. The summed E-state index contributed by atoms with van der Waals surface area (Å²) in [5.41, 5.74) is 2.56. The molecule has 0 fully saturated rings. The van der Waals surface area contributed by atoms with Crippen LogP contribution >= 0.6 is 0 Å². The van der Waals surface area contributed by atoms with Crippen molar-refractivity contribution in [2.24, 2.45) is 7.05 Å². The number of Topliss-reactive ketones (excluding diaryl/α,β-unsaturated/α-hetero) is 1. The van der Waals surface area contributed by atoms with Crippen LogP contribution in [0.3, 0.4) is 0 Å². The number of ketones is 2. The van der Waals surface area contributed by atoms with Crippen molar-refractivity contribution in [2.75, 3.05) is 0 Å². The van der Waals surface area contributed by atoms with E-state index >= 15 is 0 Å². The van der Waals surface area contributed by atoms with E-state index in [1.165, 1.54) is 12.1 Å². The number of nitrogens with one attached hydrogen (secondary N) is 1. The van der Waals surface area contributed by atoms with Crippen LogP contribution < -0.4 is 5.56 Å². The summed E-state index contributed by atoms with van der Waals surface area (Å²) in [6.45, 7) is 1.67. The molecule has 2 heterocycles. The van der Waals surface area contributed by atoms with E-state index in [9.17, 15) is 14.4 Å². The summed E-state index contributed by atoms with van der Waals surface area (Å²) >= 11 is 0. The largest absolute Gasteiger partial charge is 0.350 e. The molecule has 0 bridgehead atoms. The van der Waals surface area contributed by atoms with Crippen molar-refractivity contribution in [3.63, 3.8) is 0 Å². The minimum Gasteiger partial charge on any atom is -0.350 e. The van der Waals surface area contributed by atoms with E-state index in [-0.39, 0.29) is 28.4 Å². The van der Waals surface area contributed by atoms with E-state index in [4.69, 9.17) is 0 Å². The summed E-state index contributed by atoms with van der Waals surface area (Å²) < 4.78 is 1.93. The van der Waals surface area contributed by atoms with E-state index in [1.54, 1.807) is 6.92 Å². The lowest BCUT2D eigenvalue weighted by atomic mass is 9.86. The van der Waals surface area contributed by atoms with Crippen LogP contribution in [0.1, 0.15) is 32.0 Å². The summed E-state index contributed by atoms with van der Waals surface area (Å²) in [5, 5.41) is 0.915. The normalized spacial score (nSPS) is 14.0. The molecule has 1 N–H and O–H groups in total. The molecule has 0 aliphatic heterocycles. The van der Waals surface area contributed by atoms with Gasteiger partial charge in [-0.2, -0.15) is 0 Å². The third-order valence-corrected chi connectivity index (χ3v) is 4.42. The second-order valence-corrected chi connectivity index (χ2v) is 5.99. The molecule has 0 radical (unpaired) electrons. The predicted octanol–water partition coefficient (Wildman–Crippen LogP) is 2.64. The molecule has 1 aliphatic carbocycles. The van der Waals surface area contributed by atoms with Gasteiger partial charge in [-0.15, -0.1) is 0 Å². The van der Waals surface area contributed by atoms with Crippen molar-refractivity contribution in [3.8, 4) is 0 Å². The average Bonchev–Trinajstić information content (AvgIpc) is 2.87. The molecule has 24 heavy (non-hydrogen) atoms. The number of carbonyl (C=O) groups is 2. The van der Waals surface area contributed by atoms with Gasteiger partial charge in [0.15, 0.2) is 5.78 Å². The minimum absolute atomic E-state index is 0.0778. The van der Waals surface area contributed by atoms with Crippen LogP contribution in [0.2, 0.25) is 0 Å². The number of pyridine rings is 1. The first-order valence-corrected chi connectivity index (χ1v) is 7.56. The number of hydrogen-bond donors (Lipinski definition) is 1. The van der Waals surface area contributed by atoms with Gasteiger partial charge in [-0.1, -0.05) is 18.2 Å². The highest BCUT2D eigenvalue weighted by Crippen LogP contribution is 2.33. The number of benzene rings is 1. The molecule has 1 aromatic carbocycles. The van der Waals surface area contributed by atoms with Crippen LogP contribution in [0.5, 0.6) is 0 Å². The van der Waals surface area contributed by atoms with Gasteiger partial charge in [-0.25, -0.2) is 0 Å². The Labute approximate surface area is 137 Å². The first-order valence-electron chi connectivity index (χ1n) is 7.56. The van der Waals surface area contributed by atoms with Gasteiger partial charge in [0.25, 0.3) is 0 Å². The molecule has 0 spiro atoms. The van der Waals surface area contributed by atoms with Gasteiger partial charge in [0.1, 0.15) is 5.69 Å². The van der Waals surface area contributed by atoms with Crippen LogP contribution in [-0.2, 0) is 7.05 Å². The van der Waals surface area contributed by atoms with E-state index in [0.29, 0.717) is 11.1 Å². The molecular formula is C19H14N2O3. The summed E-state index contributed by atoms with van der Waals surface area (Å²) in [7, 11) is 1.90. The van der Waals surface area contributed by atoms with Gasteiger partial charge in [0, 0.05) is 41.4 Å². The SMILES string of the molecule is Cc1cc(=O)[nH]c2c1C(=O)C(c1cn(C)c3ccccc13)=CC2=O. The number of para-hydroxylation sites is 1. The quantitative estimate of drug-likeness (QED) is 0.749. The molecular weight excluding hydrogens is 304 g/mol. The van der Waals surface area contributed by atoms with Crippen LogP contribution in [0.25, 0.3) is 16.5 Å². The van der Waals surface area contributed by atoms with Gasteiger partial charge in [-0.3, -0.25) is 14.4 Å².